The number of carbonyl (C=O) groups excluding carboxylic acids is 1. The van der Waals surface area contributed by atoms with Gasteiger partial charge in [-0.2, -0.15) is 0 Å². The largest absolute Gasteiger partial charge is 0.496 e. The average molecular weight is 251 g/mol. The fourth-order valence-corrected chi connectivity index (χ4v) is 1.80. The van der Waals surface area contributed by atoms with Gasteiger partial charge in [0.25, 0.3) is 0 Å². The van der Waals surface area contributed by atoms with Crippen molar-refractivity contribution in [2.24, 2.45) is 0 Å². The summed E-state index contributed by atoms with van der Waals surface area (Å²) in [5.41, 5.74) is 2.26. The predicted molar refractivity (Wildman–Crippen MR) is 72.2 cm³/mol. The summed E-state index contributed by atoms with van der Waals surface area (Å²) in [4.78, 5) is 11.6. The first-order chi connectivity index (χ1) is 8.33. The number of benzene rings is 1. The van der Waals surface area contributed by atoms with E-state index in [0.29, 0.717) is 0 Å². The smallest absolute Gasteiger partial charge is 0.330 e. The van der Waals surface area contributed by atoms with Crippen molar-refractivity contribution in [2.75, 3.05) is 19.5 Å². The molecule has 100 valence electrons. The van der Waals surface area contributed by atoms with Gasteiger partial charge in [0, 0.05) is 5.69 Å². The van der Waals surface area contributed by atoms with E-state index in [9.17, 15) is 4.79 Å². The van der Waals surface area contributed by atoms with Gasteiger partial charge in [0.2, 0.25) is 0 Å². The number of carbonyl (C=O) groups is 1. The molecule has 0 unspecified atom stereocenters. The fraction of sp³-hybridized carbons (Fsp3) is 0.500. The SMILES string of the molecule is COC(=O)C(C)(C)Nc1ccc(OC)c(C)c1C. The van der Waals surface area contributed by atoms with Gasteiger partial charge in [-0.3, -0.25) is 0 Å². The lowest BCUT2D eigenvalue weighted by Crippen LogP contribution is -2.41. The molecule has 0 radical (unpaired) electrons. The molecule has 0 atom stereocenters. The Labute approximate surface area is 108 Å². The van der Waals surface area contributed by atoms with Gasteiger partial charge < -0.3 is 14.8 Å². The summed E-state index contributed by atoms with van der Waals surface area (Å²) in [5.74, 6) is 0.546. The molecule has 0 heterocycles. The van der Waals surface area contributed by atoms with E-state index in [1.54, 1.807) is 21.0 Å². The van der Waals surface area contributed by atoms with Crippen molar-refractivity contribution < 1.29 is 14.3 Å². The Morgan fingerprint density at radius 1 is 1.17 bits per heavy atom. The molecule has 1 rings (SSSR count). The lowest BCUT2D eigenvalue weighted by atomic mass is 10.0. The van der Waals surface area contributed by atoms with Gasteiger partial charge in [0.15, 0.2) is 0 Å². The van der Waals surface area contributed by atoms with E-state index >= 15 is 0 Å². The van der Waals surface area contributed by atoms with Gasteiger partial charge in [-0.1, -0.05) is 0 Å². The lowest BCUT2D eigenvalue weighted by Gasteiger charge is -2.26. The maximum absolute atomic E-state index is 11.6. The lowest BCUT2D eigenvalue weighted by molar-refractivity contribution is -0.144. The first-order valence-electron chi connectivity index (χ1n) is 5.84. The number of nitrogens with one attached hydrogen (secondary N) is 1. The third kappa shape index (κ3) is 2.75. The van der Waals surface area contributed by atoms with Crippen LogP contribution in [0.3, 0.4) is 0 Å². The molecule has 0 aliphatic rings. The topological polar surface area (TPSA) is 47.6 Å². The molecule has 1 aromatic rings. The second-order valence-corrected chi connectivity index (χ2v) is 4.81. The molecule has 18 heavy (non-hydrogen) atoms. The number of hydrogen-bond acceptors (Lipinski definition) is 4. The zero-order valence-corrected chi connectivity index (χ0v) is 11.9. The van der Waals surface area contributed by atoms with Crippen LogP contribution in [0.4, 0.5) is 5.69 Å². The second kappa shape index (κ2) is 5.29. The Kier molecular flexibility index (Phi) is 4.22. The minimum atomic E-state index is -0.763. The predicted octanol–water partition coefficient (Wildman–Crippen LogP) is 2.68. The highest BCUT2D eigenvalue weighted by Crippen LogP contribution is 2.29. The number of hydrogen-bond donors (Lipinski definition) is 1. The van der Waals surface area contributed by atoms with E-state index in [2.05, 4.69) is 5.32 Å². The summed E-state index contributed by atoms with van der Waals surface area (Å²) in [6, 6.07) is 3.80. The molecule has 0 spiro atoms. The Morgan fingerprint density at radius 2 is 1.78 bits per heavy atom. The minimum absolute atomic E-state index is 0.296. The molecule has 0 bridgehead atoms. The van der Waals surface area contributed by atoms with E-state index in [1.807, 2.05) is 26.0 Å². The molecule has 4 heteroatoms. The van der Waals surface area contributed by atoms with Gasteiger partial charge in [-0.15, -0.1) is 0 Å². The van der Waals surface area contributed by atoms with Crippen molar-refractivity contribution >= 4 is 11.7 Å². The molecule has 1 N–H and O–H groups in total. The maximum Gasteiger partial charge on any atom is 0.330 e. The summed E-state index contributed by atoms with van der Waals surface area (Å²) < 4.78 is 10.0. The average Bonchev–Trinajstić information content (AvgIpc) is 2.34. The van der Waals surface area contributed by atoms with Gasteiger partial charge in [-0.25, -0.2) is 4.79 Å². The van der Waals surface area contributed by atoms with E-state index in [0.717, 1.165) is 22.6 Å². The molecule has 0 aliphatic heterocycles. The first kappa shape index (κ1) is 14.4. The number of esters is 1. The third-order valence-electron chi connectivity index (χ3n) is 3.10. The molecular weight excluding hydrogens is 230 g/mol. The Hall–Kier alpha value is -1.71. The minimum Gasteiger partial charge on any atom is -0.496 e. The molecule has 0 amide bonds. The van der Waals surface area contributed by atoms with E-state index in [1.165, 1.54) is 7.11 Å². The molecule has 0 aromatic heterocycles. The van der Waals surface area contributed by atoms with Crippen LogP contribution in [-0.2, 0) is 9.53 Å². The van der Waals surface area contributed by atoms with Crippen molar-refractivity contribution in [3.63, 3.8) is 0 Å². The van der Waals surface area contributed by atoms with Crippen LogP contribution < -0.4 is 10.1 Å². The van der Waals surface area contributed by atoms with Crippen LogP contribution in [0.5, 0.6) is 5.75 Å². The highest BCUT2D eigenvalue weighted by molar-refractivity contribution is 5.84. The van der Waals surface area contributed by atoms with Crippen molar-refractivity contribution in [2.45, 2.75) is 33.2 Å². The molecule has 1 aromatic carbocycles. The van der Waals surface area contributed by atoms with Crippen molar-refractivity contribution in [1.82, 2.24) is 0 Å². The number of rotatable bonds is 4. The van der Waals surface area contributed by atoms with Crippen molar-refractivity contribution in [1.29, 1.82) is 0 Å². The van der Waals surface area contributed by atoms with Crippen LogP contribution in [0.1, 0.15) is 25.0 Å². The third-order valence-corrected chi connectivity index (χ3v) is 3.10. The summed E-state index contributed by atoms with van der Waals surface area (Å²) in [7, 11) is 3.03. The summed E-state index contributed by atoms with van der Waals surface area (Å²) >= 11 is 0. The van der Waals surface area contributed by atoms with Crippen LogP contribution in [0, 0.1) is 13.8 Å². The molecule has 0 aliphatic carbocycles. The monoisotopic (exact) mass is 251 g/mol. The van der Waals surface area contributed by atoms with E-state index in [4.69, 9.17) is 9.47 Å². The van der Waals surface area contributed by atoms with Crippen molar-refractivity contribution in [3.05, 3.63) is 23.3 Å². The highest BCUT2D eigenvalue weighted by atomic mass is 16.5. The molecular formula is C14H21NO3. The van der Waals surface area contributed by atoms with Gasteiger partial charge in [0.05, 0.1) is 14.2 Å². The number of anilines is 1. The zero-order chi connectivity index (χ0) is 13.9. The van der Waals surface area contributed by atoms with E-state index < -0.39 is 5.54 Å². The van der Waals surface area contributed by atoms with Gasteiger partial charge in [0.1, 0.15) is 11.3 Å². The summed E-state index contributed by atoms with van der Waals surface area (Å²) in [5, 5.41) is 3.20. The normalized spacial score (nSPS) is 11.0. The van der Waals surface area contributed by atoms with Crippen LogP contribution in [0.25, 0.3) is 0 Å². The first-order valence-corrected chi connectivity index (χ1v) is 5.84. The van der Waals surface area contributed by atoms with Crippen molar-refractivity contribution in [3.8, 4) is 5.75 Å². The summed E-state index contributed by atoms with van der Waals surface area (Å²) in [6.45, 7) is 7.56. The second-order valence-electron chi connectivity index (χ2n) is 4.81. The fourth-order valence-electron chi connectivity index (χ4n) is 1.80. The van der Waals surface area contributed by atoms with Crippen LogP contribution >= 0.6 is 0 Å². The Morgan fingerprint density at radius 3 is 2.28 bits per heavy atom. The Balaban J connectivity index is 3.06. The summed E-state index contributed by atoms with van der Waals surface area (Å²) in [6.07, 6.45) is 0. The standard InChI is InChI=1S/C14H21NO3/c1-9-10(2)12(17-5)8-7-11(9)15-14(3,4)13(16)18-6/h7-8,15H,1-6H3. The number of ether oxygens (including phenoxy) is 2. The van der Waals surface area contributed by atoms with Crippen LogP contribution in [0.15, 0.2) is 12.1 Å². The molecule has 0 saturated carbocycles. The quantitative estimate of drug-likeness (QED) is 0.836. The molecule has 4 nitrogen and oxygen atoms in total. The van der Waals surface area contributed by atoms with Crippen LogP contribution in [-0.4, -0.2) is 25.7 Å². The maximum atomic E-state index is 11.6. The van der Waals surface area contributed by atoms with Gasteiger partial charge in [-0.05, 0) is 51.0 Å². The van der Waals surface area contributed by atoms with Crippen LogP contribution in [0.2, 0.25) is 0 Å². The Bertz CT molecular complexity index is 453. The molecule has 0 saturated heterocycles. The van der Waals surface area contributed by atoms with Gasteiger partial charge >= 0.3 is 5.97 Å². The van der Waals surface area contributed by atoms with E-state index in [-0.39, 0.29) is 5.97 Å². The highest BCUT2D eigenvalue weighted by Gasteiger charge is 2.29. The number of methoxy groups -OCH3 is 2. The molecule has 0 fully saturated rings. The zero-order valence-electron chi connectivity index (χ0n) is 11.9.